The molecule has 0 spiro atoms. The second-order valence-electron chi connectivity index (χ2n) is 5.26. The van der Waals surface area contributed by atoms with Gasteiger partial charge in [0.2, 0.25) is 11.8 Å². The van der Waals surface area contributed by atoms with Gasteiger partial charge in [0.05, 0.1) is 4.88 Å². The standard InChI is InChI=1S/C13H15NO4S/c1-13(2,3)18-11-7-4-8(19-11)12(17)14-9(15)5-6-10(14)16/h4,7H,5-6H2,1-3H3. The molecule has 1 aromatic rings. The van der Waals surface area contributed by atoms with Crippen molar-refractivity contribution in [1.82, 2.24) is 4.90 Å². The van der Waals surface area contributed by atoms with Crippen molar-refractivity contribution < 1.29 is 19.1 Å². The number of likely N-dealkylation sites (tertiary alicyclic amines) is 1. The first-order valence-corrected chi connectivity index (χ1v) is 6.78. The fourth-order valence-electron chi connectivity index (χ4n) is 1.70. The SMILES string of the molecule is CC(C)(C)Oc1ccc(C(=O)N2C(=O)CCC2=O)s1. The molecule has 1 aromatic heterocycles. The quantitative estimate of drug-likeness (QED) is 0.780. The molecule has 0 bridgehead atoms. The highest BCUT2D eigenvalue weighted by Gasteiger charge is 2.35. The van der Waals surface area contributed by atoms with Gasteiger partial charge in [0.15, 0.2) is 5.06 Å². The summed E-state index contributed by atoms with van der Waals surface area (Å²) >= 11 is 1.14. The Morgan fingerprint density at radius 2 is 1.79 bits per heavy atom. The molecule has 5 nitrogen and oxygen atoms in total. The van der Waals surface area contributed by atoms with Crippen molar-refractivity contribution in [3.63, 3.8) is 0 Å². The van der Waals surface area contributed by atoms with Gasteiger partial charge in [-0.15, -0.1) is 0 Å². The second-order valence-corrected chi connectivity index (χ2v) is 6.31. The third-order valence-corrected chi connectivity index (χ3v) is 3.40. The van der Waals surface area contributed by atoms with Crippen molar-refractivity contribution in [1.29, 1.82) is 0 Å². The molecular weight excluding hydrogens is 266 g/mol. The molecule has 1 fully saturated rings. The molecule has 0 N–H and O–H groups in total. The van der Waals surface area contributed by atoms with Crippen LogP contribution in [-0.2, 0) is 9.59 Å². The molecule has 0 saturated carbocycles. The van der Waals surface area contributed by atoms with Gasteiger partial charge >= 0.3 is 0 Å². The number of amides is 3. The number of carbonyl (C=O) groups excluding carboxylic acids is 3. The summed E-state index contributed by atoms with van der Waals surface area (Å²) < 4.78 is 5.63. The van der Waals surface area contributed by atoms with E-state index in [2.05, 4.69) is 0 Å². The average Bonchev–Trinajstić information content (AvgIpc) is 2.84. The van der Waals surface area contributed by atoms with Crippen LogP contribution in [0.1, 0.15) is 43.3 Å². The zero-order valence-corrected chi connectivity index (χ0v) is 11.9. The molecule has 1 saturated heterocycles. The van der Waals surface area contributed by atoms with Gasteiger partial charge in [-0.25, -0.2) is 4.90 Å². The minimum Gasteiger partial charge on any atom is -0.479 e. The number of nitrogens with zero attached hydrogens (tertiary/aromatic N) is 1. The predicted molar refractivity (Wildman–Crippen MR) is 70.1 cm³/mol. The molecule has 102 valence electrons. The van der Waals surface area contributed by atoms with Crippen molar-refractivity contribution in [3.05, 3.63) is 17.0 Å². The first-order valence-electron chi connectivity index (χ1n) is 5.97. The first-order chi connectivity index (χ1) is 8.78. The zero-order chi connectivity index (χ0) is 14.2. The summed E-state index contributed by atoms with van der Waals surface area (Å²) in [6, 6.07) is 3.25. The summed E-state index contributed by atoms with van der Waals surface area (Å²) in [5.74, 6) is -1.41. The monoisotopic (exact) mass is 281 g/mol. The Bertz CT molecular complexity index is 525. The number of rotatable bonds is 2. The van der Waals surface area contributed by atoms with Crippen molar-refractivity contribution in [2.24, 2.45) is 0 Å². The minimum atomic E-state index is -0.554. The summed E-state index contributed by atoms with van der Waals surface area (Å²) in [6.07, 6.45) is 0.225. The number of imide groups is 3. The summed E-state index contributed by atoms with van der Waals surface area (Å²) in [5.41, 5.74) is -0.357. The Labute approximate surface area is 115 Å². The fraction of sp³-hybridized carbons (Fsp3) is 0.462. The molecule has 2 rings (SSSR count). The maximum atomic E-state index is 12.1. The maximum absolute atomic E-state index is 12.1. The lowest BCUT2D eigenvalue weighted by atomic mass is 10.2. The van der Waals surface area contributed by atoms with Crippen LogP contribution in [0.5, 0.6) is 5.06 Å². The van der Waals surface area contributed by atoms with Crippen LogP contribution in [0.4, 0.5) is 0 Å². The Morgan fingerprint density at radius 3 is 2.32 bits per heavy atom. The van der Waals surface area contributed by atoms with Crippen LogP contribution >= 0.6 is 11.3 Å². The third-order valence-electron chi connectivity index (χ3n) is 2.45. The molecule has 19 heavy (non-hydrogen) atoms. The van der Waals surface area contributed by atoms with Crippen LogP contribution in [0, 0.1) is 0 Å². The average molecular weight is 281 g/mol. The van der Waals surface area contributed by atoms with Crippen molar-refractivity contribution in [3.8, 4) is 5.06 Å². The number of hydrogen-bond acceptors (Lipinski definition) is 5. The van der Waals surface area contributed by atoms with Gasteiger partial charge in [-0.3, -0.25) is 14.4 Å². The lowest BCUT2D eigenvalue weighted by Crippen LogP contribution is -2.35. The lowest BCUT2D eigenvalue weighted by molar-refractivity contribution is -0.134. The summed E-state index contributed by atoms with van der Waals surface area (Å²) in [7, 11) is 0. The van der Waals surface area contributed by atoms with E-state index in [4.69, 9.17) is 4.74 Å². The number of carbonyl (C=O) groups is 3. The van der Waals surface area contributed by atoms with Gasteiger partial charge < -0.3 is 4.74 Å². The van der Waals surface area contributed by atoms with Crippen molar-refractivity contribution in [2.75, 3.05) is 0 Å². The second kappa shape index (κ2) is 4.77. The molecule has 3 amide bonds. The maximum Gasteiger partial charge on any atom is 0.277 e. The summed E-state index contributed by atoms with van der Waals surface area (Å²) in [6.45, 7) is 5.71. The topological polar surface area (TPSA) is 63.7 Å². The van der Waals surface area contributed by atoms with E-state index in [-0.39, 0.29) is 18.4 Å². The van der Waals surface area contributed by atoms with Gasteiger partial charge in [0, 0.05) is 12.8 Å². The number of thiophene rings is 1. The highest BCUT2D eigenvalue weighted by atomic mass is 32.1. The van der Waals surface area contributed by atoms with E-state index in [1.165, 1.54) is 0 Å². The molecule has 0 atom stereocenters. The van der Waals surface area contributed by atoms with Crippen LogP contribution in [0.15, 0.2) is 12.1 Å². The lowest BCUT2D eigenvalue weighted by Gasteiger charge is -2.19. The van der Waals surface area contributed by atoms with Crippen LogP contribution < -0.4 is 4.74 Å². The van der Waals surface area contributed by atoms with E-state index in [9.17, 15) is 14.4 Å². The zero-order valence-electron chi connectivity index (χ0n) is 11.1. The van der Waals surface area contributed by atoms with Gasteiger partial charge in [-0.1, -0.05) is 11.3 Å². The molecule has 0 unspecified atom stereocenters. The molecule has 0 aliphatic carbocycles. The highest BCUT2D eigenvalue weighted by Crippen LogP contribution is 2.29. The Kier molecular flexibility index (Phi) is 3.45. The molecule has 2 heterocycles. The normalized spacial score (nSPS) is 16.1. The minimum absolute atomic E-state index is 0.112. The fourth-order valence-corrected chi connectivity index (χ4v) is 2.66. The molecular formula is C13H15NO4S. The first kappa shape index (κ1) is 13.7. The van der Waals surface area contributed by atoms with Gasteiger partial charge in [0.1, 0.15) is 5.60 Å². The predicted octanol–water partition coefficient (Wildman–Crippen LogP) is 2.21. The number of hydrogen-bond donors (Lipinski definition) is 0. The van der Waals surface area contributed by atoms with E-state index >= 15 is 0 Å². The third kappa shape index (κ3) is 3.01. The van der Waals surface area contributed by atoms with Gasteiger partial charge in [-0.2, -0.15) is 0 Å². The summed E-state index contributed by atoms with van der Waals surface area (Å²) in [4.78, 5) is 36.1. The van der Waals surface area contributed by atoms with Crippen LogP contribution in [-0.4, -0.2) is 28.2 Å². The van der Waals surface area contributed by atoms with Crippen LogP contribution in [0.2, 0.25) is 0 Å². The summed E-state index contributed by atoms with van der Waals surface area (Å²) in [5, 5.41) is 0.593. The van der Waals surface area contributed by atoms with E-state index < -0.39 is 17.7 Å². The largest absolute Gasteiger partial charge is 0.479 e. The molecule has 0 aromatic carbocycles. The molecule has 1 aliphatic rings. The molecule has 0 radical (unpaired) electrons. The van der Waals surface area contributed by atoms with Crippen molar-refractivity contribution in [2.45, 2.75) is 39.2 Å². The Morgan fingerprint density at radius 1 is 1.21 bits per heavy atom. The van der Waals surface area contributed by atoms with Crippen molar-refractivity contribution >= 4 is 29.1 Å². The van der Waals surface area contributed by atoms with Crippen LogP contribution in [0.3, 0.4) is 0 Å². The van der Waals surface area contributed by atoms with E-state index in [0.29, 0.717) is 9.94 Å². The van der Waals surface area contributed by atoms with Gasteiger partial charge in [-0.05, 0) is 32.9 Å². The highest BCUT2D eigenvalue weighted by molar-refractivity contribution is 7.15. The van der Waals surface area contributed by atoms with Gasteiger partial charge in [0.25, 0.3) is 5.91 Å². The van der Waals surface area contributed by atoms with E-state index in [1.54, 1.807) is 12.1 Å². The Hall–Kier alpha value is -1.69. The molecule has 1 aliphatic heterocycles. The Balaban J connectivity index is 2.17. The molecule has 6 heteroatoms. The van der Waals surface area contributed by atoms with Crippen LogP contribution in [0.25, 0.3) is 0 Å². The number of ether oxygens (including phenoxy) is 1. The van der Waals surface area contributed by atoms with E-state index in [0.717, 1.165) is 16.2 Å². The smallest absolute Gasteiger partial charge is 0.277 e. The van der Waals surface area contributed by atoms with E-state index in [1.807, 2.05) is 20.8 Å².